The van der Waals surface area contributed by atoms with Crippen molar-refractivity contribution in [3.8, 4) is 11.5 Å². The third-order valence-electron chi connectivity index (χ3n) is 5.83. The summed E-state index contributed by atoms with van der Waals surface area (Å²) in [6.07, 6.45) is 2.78. The molecule has 0 radical (unpaired) electrons. The maximum absolute atomic E-state index is 13.1. The van der Waals surface area contributed by atoms with Crippen LogP contribution in [0.4, 0.5) is 4.39 Å². The van der Waals surface area contributed by atoms with Gasteiger partial charge in [0.15, 0.2) is 5.75 Å². The molecule has 8 nitrogen and oxygen atoms in total. The Balaban J connectivity index is 1.46. The van der Waals surface area contributed by atoms with Crippen LogP contribution in [0.3, 0.4) is 0 Å². The Labute approximate surface area is 181 Å². The lowest BCUT2D eigenvalue weighted by Crippen LogP contribution is -2.45. The molecule has 2 N–H and O–H groups in total. The van der Waals surface area contributed by atoms with Gasteiger partial charge in [-0.25, -0.2) is 13.7 Å². The molecule has 0 bridgehead atoms. The van der Waals surface area contributed by atoms with Crippen molar-refractivity contribution in [1.29, 1.82) is 0 Å². The van der Waals surface area contributed by atoms with E-state index in [0.717, 1.165) is 0 Å². The average molecular weight is 437 g/mol. The summed E-state index contributed by atoms with van der Waals surface area (Å²) in [4.78, 5) is 24.1. The van der Waals surface area contributed by atoms with Crippen molar-refractivity contribution in [3.63, 3.8) is 0 Å². The third-order valence-corrected chi connectivity index (χ3v) is 5.83. The van der Waals surface area contributed by atoms with Crippen LogP contribution in [0.1, 0.15) is 44.9 Å². The number of amides is 1. The van der Waals surface area contributed by atoms with Gasteiger partial charge in [-0.2, -0.15) is 5.10 Å². The first kappa shape index (κ1) is 20.0. The number of carbonyl (C=O) groups excluding carboxylic acids is 1. The van der Waals surface area contributed by atoms with Gasteiger partial charge >= 0.3 is 5.97 Å². The first-order chi connectivity index (χ1) is 15.3. The number of nitrogens with zero attached hydrogens (tertiary/aromatic N) is 2. The van der Waals surface area contributed by atoms with Crippen LogP contribution < -0.4 is 10.1 Å². The molecular formula is C23H20FN3O5. The number of nitrogens with one attached hydrogen (secondary N) is 1. The predicted molar refractivity (Wildman–Crippen MR) is 113 cm³/mol. The van der Waals surface area contributed by atoms with Crippen molar-refractivity contribution in [2.45, 2.75) is 38.9 Å². The molecule has 9 heteroatoms. The largest absolute Gasteiger partial charge is 0.478 e. The highest BCUT2D eigenvalue weighted by Crippen LogP contribution is 2.34. The Hall–Kier alpha value is -3.88. The average Bonchev–Trinajstić information content (AvgIpc) is 3.23. The first-order valence-corrected chi connectivity index (χ1v) is 10.2. The van der Waals surface area contributed by atoms with Gasteiger partial charge in [0.1, 0.15) is 28.8 Å². The summed E-state index contributed by atoms with van der Waals surface area (Å²) < 4.78 is 26.3. The molecular weight excluding hydrogens is 417 g/mol. The summed E-state index contributed by atoms with van der Waals surface area (Å²) in [5.74, 6) is 0.0406. The second kappa shape index (κ2) is 7.37. The third kappa shape index (κ3) is 3.26. The van der Waals surface area contributed by atoms with Crippen molar-refractivity contribution in [3.05, 3.63) is 59.1 Å². The Morgan fingerprint density at radius 3 is 2.78 bits per heavy atom. The van der Waals surface area contributed by atoms with Gasteiger partial charge in [-0.3, -0.25) is 4.79 Å². The summed E-state index contributed by atoms with van der Waals surface area (Å²) in [5, 5.41) is 17.0. The zero-order valence-electron chi connectivity index (χ0n) is 17.4. The summed E-state index contributed by atoms with van der Waals surface area (Å²) in [6.45, 7) is 3.41. The molecule has 4 aromatic rings. The number of furan rings is 1. The SMILES string of the molecule is Cc1oc2cc(Oc3ccnn4cc(C(=O)O)c(C)c34)ccc2c1C(=O)NC1CC(F)C1. The lowest BCUT2D eigenvalue weighted by atomic mass is 9.90. The minimum absolute atomic E-state index is 0.145. The Bertz CT molecular complexity index is 1380. The lowest BCUT2D eigenvalue weighted by molar-refractivity contribution is 0.0695. The zero-order chi connectivity index (χ0) is 22.6. The van der Waals surface area contributed by atoms with Crippen LogP contribution in [0.25, 0.3) is 16.5 Å². The molecule has 164 valence electrons. The van der Waals surface area contributed by atoms with E-state index in [1.54, 1.807) is 38.1 Å². The van der Waals surface area contributed by atoms with Crippen LogP contribution in [-0.2, 0) is 0 Å². The van der Waals surface area contributed by atoms with E-state index in [9.17, 15) is 19.1 Å². The number of carboxylic acids is 1. The zero-order valence-corrected chi connectivity index (χ0v) is 17.4. The molecule has 0 aliphatic heterocycles. The second-order valence-corrected chi connectivity index (χ2v) is 7.99. The van der Waals surface area contributed by atoms with Crippen LogP contribution in [-0.4, -0.2) is 38.8 Å². The first-order valence-electron chi connectivity index (χ1n) is 10.2. The highest BCUT2D eigenvalue weighted by atomic mass is 19.1. The number of fused-ring (bicyclic) bond motifs is 2. The van der Waals surface area contributed by atoms with E-state index in [1.807, 2.05) is 0 Å². The number of halogens is 1. The van der Waals surface area contributed by atoms with Crippen LogP contribution >= 0.6 is 0 Å². The fourth-order valence-electron chi connectivity index (χ4n) is 4.12. The van der Waals surface area contributed by atoms with Gasteiger partial charge in [0.25, 0.3) is 5.91 Å². The van der Waals surface area contributed by atoms with Crippen LogP contribution in [0.15, 0.2) is 41.1 Å². The van der Waals surface area contributed by atoms with Gasteiger partial charge in [0, 0.05) is 29.8 Å². The molecule has 1 saturated carbocycles. The van der Waals surface area contributed by atoms with E-state index in [0.29, 0.717) is 57.7 Å². The summed E-state index contributed by atoms with van der Waals surface area (Å²) >= 11 is 0. The van der Waals surface area contributed by atoms with Crippen molar-refractivity contribution >= 4 is 28.4 Å². The number of aromatic nitrogens is 2. The number of hydrogen-bond donors (Lipinski definition) is 2. The predicted octanol–water partition coefficient (Wildman–Crippen LogP) is 4.42. The lowest BCUT2D eigenvalue weighted by Gasteiger charge is -2.30. The van der Waals surface area contributed by atoms with E-state index in [-0.39, 0.29) is 17.5 Å². The van der Waals surface area contributed by atoms with Gasteiger partial charge in [0.2, 0.25) is 0 Å². The molecule has 3 heterocycles. The van der Waals surface area contributed by atoms with Gasteiger partial charge in [-0.05, 0) is 44.4 Å². The number of hydrogen-bond acceptors (Lipinski definition) is 5. The van der Waals surface area contributed by atoms with Crippen LogP contribution in [0, 0.1) is 13.8 Å². The fourth-order valence-corrected chi connectivity index (χ4v) is 4.12. The smallest absolute Gasteiger partial charge is 0.337 e. The van der Waals surface area contributed by atoms with Gasteiger partial charge in [-0.15, -0.1) is 0 Å². The molecule has 3 aromatic heterocycles. The van der Waals surface area contributed by atoms with Crippen molar-refractivity contribution in [1.82, 2.24) is 14.9 Å². The monoisotopic (exact) mass is 437 g/mol. The highest BCUT2D eigenvalue weighted by molar-refractivity contribution is 6.07. The Morgan fingerprint density at radius 1 is 1.28 bits per heavy atom. The summed E-state index contributed by atoms with van der Waals surface area (Å²) in [5.41, 5.74) is 2.14. The number of alkyl halides is 1. The maximum Gasteiger partial charge on any atom is 0.337 e. The van der Waals surface area contributed by atoms with E-state index >= 15 is 0 Å². The molecule has 1 amide bonds. The second-order valence-electron chi connectivity index (χ2n) is 7.99. The number of carbonyl (C=O) groups is 2. The standard InChI is InChI=1S/C23H20FN3O5/c1-11-17(23(29)30)10-27-21(11)18(5-6-25-27)32-15-3-4-16-19(9-15)31-12(2)20(16)22(28)26-14-7-13(24)8-14/h3-6,9-10,13-14H,7-8H2,1-2H3,(H,26,28)(H,29,30). The molecule has 32 heavy (non-hydrogen) atoms. The van der Waals surface area contributed by atoms with Crippen molar-refractivity contribution < 1.29 is 28.2 Å². The van der Waals surface area contributed by atoms with Gasteiger partial charge < -0.3 is 19.6 Å². The topological polar surface area (TPSA) is 106 Å². The molecule has 1 aliphatic carbocycles. The highest BCUT2D eigenvalue weighted by Gasteiger charge is 2.31. The van der Waals surface area contributed by atoms with Crippen LogP contribution in [0.2, 0.25) is 0 Å². The van der Waals surface area contributed by atoms with Gasteiger partial charge in [-0.1, -0.05) is 0 Å². The molecule has 0 unspecified atom stereocenters. The number of aryl methyl sites for hydroxylation is 2. The molecule has 1 aliphatic rings. The molecule has 1 fully saturated rings. The quantitative estimate of drug-likeness (QED) is 0.479. The van der Waals surface area contributed by atoms with Gasteiger partial charge in [0.05, 0.1) is 17.3 Å². The van der Waals surface area contributed by atoms with E-state index < -0.39 is 12.1 Å². The molecule has 0 spiro atoms. The van der Waals surface area contributed by atoms with Crippen molar-refractivity contribution in [2.75, 3.05) is 0 Å². The molecule has 0 saturated heterocycles. The molecule has 5 rings (SSSR count). The van der Waals surface area contributed by atoms with Crippen LogP contribution in [0.5, 0.6) is 11.5 Å². The number of carboxylic acid groups (broad SMARTS) is 1. The number of aromatic carboxylic acids is 1. The van der Waals surface area contributed by atoms with E-state index in [4.69, 9.17) is 9.15 Å². The molecule has 0 atom stereocenters. The number of benzene rings is 1. The fraction of sp³-hybridized carbons (Fsp3) is 0.261. The maximum atomic E-state index is 13.1. The number of ether oxygens (including phenoxy) is 1. The minimum Gasteiger partial charge on any atom is -0.478 e. The molecule has 1 aromatic carbocycles. The van der Waals surface area contributed by atoms with E-state index in [1.165, 1.54) is 16.9 Å². The normalized spacial score (nSPS) is 18.0. The van der Waals surface area contributed by atoms with Crippen molar-refractivity contribution in [2.24, 2.45) is 0 Å². The number of rotatable bonds is 5. The summed E-state index contributed by atoms with van der Waals surface area (Å²) in [7, 11) is 0. The summed E-state index contributed by atoms with van der Waals surface area (Å²) in [6, 6.07) is 6.62. The Kier molecular flexibility index (Phi) is 4.61. The van der Waals surface area contributed by atoms with E-state index in [2.05, 4.69) is 10.4 Å². The Morgan fingerprint density at radius 2 is 2.06 bits per heavy atom. The minimum atomic E-state index is -1.04.